The number of aliphatic carboxylic acids is 1. The van der Waals surface area contributed by atoms with Crippen molar-refractivity contribution in [1.82, 2.24) is 15.5 Å². The third kappa shape index (κ3) is 6.72. The second-order valence-corrected chi connectivity index (χ2v) is 3.97. The molecule has 0 aliphatic heterocycles. The molecule has 0 aromatic rings. The molecule has 104 valence electrons. The number of hydrogen-bond acceptors (Lipinski definition) is 3. The van der Waals surface area contributed by atoms with E-state index in [4.69, 9.17) is 5.11 Å². The molecule has 0 aliphatic rings. The quantitative estimate of drug-likeness (QED) is 0.561. The Balaban J connectivity index is 3.87. The van der Waals surface area contributed by atoms with E-state index in [1.165, 1.54) is 4.90 Å². The molecule has 0 aromatic heterocycles. The van der Waals surface area contributed by atoms with Gasteiger partial charge < -0.3 is 20.6 Å². The number of nitrogens with one attached hydrogen (secondary N) is 2. The molecule has 3 amide bonds. The molecule has 0 heterocycles. The Morgan fingerprint density at radius 3 is 2.44 bits per heavy atom. The highest BCUT2D eigenvalue weighted by Gasteiger charge is 2.17. The van der Waals surface area contributed by atoms with Crippen LogP contribution in [-0.4, -0.2) is 54.1 Å². The molecular weight excluding hydrogens is 238 g/mol. The number of hydrogen-bond donors (Lipinski definition) is 3. The maximum atomic E-state index is 11.6. The number of likely N-dealkylation sites (N-methyl/N-ethyl adjacent to an activating group) is 1. The summed E-state index contributed by atoms with van der Waals surface area (Å²) in [5.41, 5.74) is 0. The minimum absolute atomic E-state index is 0.00728. The smallest absolute Gasteiger partial charge is 0.315 e. The minimum atomic E-state index is -0.898. The molecular formula is C11H21N3O4. The normalized spacial score (nSPS) is 11.5. The van der Waals surface area contributed by atoms with Crippen LogP contribution in [0.1, 0.15) is 26.7 Å². The fourth-order valence-corrected chi connectivity index (χ4v) is 1.24. The molecule has 0 saturated carbocycles. The van der Waals surface area contributed by atoms with Crippen molar-refractivity contribution in [3.05, 3.63) is 0 Å². The predicted octanol–water partition coefficient (Wildman–Crippen LogP) is 0.0172. The zero-order chi connectivity index (χ0) is 14.1. The lowest BCUT2D eigenvalue weighted by molar-refractivity contribution is -0.137. The Morgan fingerprint density at radius 1 is 1.33 bits per heavy atom. The van der Waals surface area contributed by atoms with Crippen molar-refractivity contribution in [1.29, 1.82) is 0 Å². The summed E-state index contributed by atoms with van der Waals surface area (Å²) in [4.78, 5) is 34.8. The van der Waals surface area contributed by atoms with Gasteiger partial charge in [-0.3, -0.25) is 9.59 Å². The third-order valence-corrected chi connectivity index (χ3v) is 2.42. The summed E-state index contributed by atoms with van der Waals surface area (Å²) in [6.07, 6.45) is 0.368. The van der Waals surface area contributed by atoms with Crippen LogP contribution in [0.15, 0.2) is 0 Å². The highest BCUT2D eigenvalue weighted by Crippen LogP contribution is 1.91. The molecule has 0 radical (unpaired) electrons. The average Bonchev–Trinajstić information content (AvgIpc) is 2.32. The molecule has 0 aliphatic carbocycles. The third-order valence-electron chi connectivity index (χ3n) is 2.42. The van der Waals surface area contributed by atoms with Crippen molar-refractivity contribution in [3.63, 3.8) is 0 Å². The van der Waals surface area contributed by atoms with Crippen molar-refractivity contribution in [2.45, 2.75) is 32.7 Å². The average molecular weight is 259 g/mol. The van der Waals surface area contributed by atoms with Crippen molar-refractivity contribution >= 4 is 17.9 Å². The second-order valence-electron chi connectivity index (χ2n) is 3.97. The Hall–Kier alpha value is -1.79. The molecule has 0 saturated heterocycles. The number of carbonyl (C=O) groups is 3. The van der Waals surface area contributed by atoms with Crippen LogP contribution in [-0.2, 0) is 9.59 Å². The topological polar surface area (TPSA) is 98.7 Å². The summed E-state index contributed by atoms with van der Waals surface area (Å²) in [6.45, 7) is 4.29. The van der Waals surface area contributed by atoms with Crippen LogP contribution < -0.4 is 10.6 Å². The van der Waals surface area contributed by atoms with Crippen LogP contribution in [0.25, 0.3) is 0 Å². The zero-order valence-electron chi connectivity index (χ0n) is 11.0. The van der Waals surface area contributed by atoms with E-state index >= 15 is 0 Å². The van der Waals surface area contributed by atoms with Gasteiger partial charge in [0.05, 0.1) is 0 Å². The molecule has 1 unspecified atom stereocenters. The molecule has 0 fully saturated rings. The lowest BCUT2D eigenvalue weighted by Gasteiger charge is -2.20. The summed E-state index contributed by atoms with van der Waals surface area (Å²) in [5, 5.41) is 13.4. The van der Waals surface area contributed by atoms with Gasteiger partial charge in [-0.05, 0) is 20.3 Å². The van der Waals surface area contributed by atoms with Crippen LogP contribution in [0.2, 0.25) is 0 Å². The number of carbonyl (C=O) groups excluding carboxylic acids is 2. The van der Waals surface area contributed by atoms with Gasteiger partial charge in [-0.25, -0.2) is 4.79 Å². The first kappa shape index (κ1) is 16.2. The first-order chi connectivity index (χ1) is 8.38. The summed E-state index contributed by atoms with van der Waals surface area (Å²) < 4.78 is 0. The van der Waals surface area contributed by atoms with Gasteiger partial charge in [0.15, 0.2) is 0 Å². The van der Waals surface area contributed by atoms with Gasteiger partial charge in [-0.15, -0.1) is 0 Å². The van der Waals surface area contributed by atoms with Crippen LogP contribution in [0.4, 0.5) is 4.79 Å². The van der Waals surface area contributed by atoms with Gasteiger partial charge in [0.1, 0.15) is 6.04 Å². The molecule has 0 rings (SSSR count). The number of carboxylic acid groups (broad SMARTS) is 1. The van der Waals surface area contributed by atoms with E-state index in [0.717, 1.165) is 0 Å². The second kappa shape index (κ2) is 8.32. The van der Waals surface area contributed by atoms with Gasteiger partial charge in [0, 0.05) is 26.6 Å². The van der Waals surface area contributed by atoms with Gasteiger partial charge in [-0.1, -0.05) is 0 Å². The van der Waals surface area contributed by atoms with Crippen molar-refractivity contribution in [2.75, 3.05) is 20.1 Å². The van der Waals surface area contributed by atoms with E-state index in [0.29, 0.717) is 13.0 Å². The lowest BCUT2D eigenvalue weighted by atomic mass is 10.3. The number of amides is 3. The van der Waals surface area contributed by atoms with Crippen LogP contribution in [0.3, 0.4) is 0 Å². The maximum Gasteiger partial charge on any atom is 0.315 e. The van der Waals surface area contributed by atoms with E-state index < -0.39 is 18.0 Å². The van der Waals surface area contributed by atoms with E-state index in [2.05, 4.69) is 10.6 Å². The van der Waals surface area contributed by atoms with Gasteiger partial charge in [-0.2, -0.15) is 0 Å². The first-order valence-corrected chi connectivity index (χ1v) is 5.89. The molecule has 0 bridgehead atoms. The van der Waals surface area contributed by atoms with E-state index in [-0.39, 0.29) is 18.9 Å². The van der Waals surface area contributed by atoms with Gasteiger partial charge in [0.25, 0.3) is 0 Å². The van der Waals surface area contributed by atoms with E-state index in [9.17, 15) is 14.4 Å². The Bertz CT molecular complexity index is 307. The van der Waals surface area contributed by atoms with E-state index in [1.807, 2.05) is 6.92 Å². The fourth-order valence-electron chi connectivity index (χ4n) is 1.24. The molecule has 0 aromatic carbocycles. The van der Waals surface area contributed by atoms with Crippen molar-refractivity contribution < 1.29 is 19.5 Å². The number of urea groups is 1. The monoisotopic (exact) mass is 259 g/mol. The molecule has 1 atom stereocenters. The molecule has 7 nitrogen and oxygen atoms in total. The summed E-state index contributed by atoms with van der Waals surface area (Å²) in [6, 6.07) is -1.07. The summed E-state index contributed by atoms with van der Waals surface area (Å²) >= 11 is 0. The van der Waals surface area contributed by atoms with Crippen molar-refractivity contribution in [2.24, 2.45) is 0 Å². The number of rotatable bonds is 7. The highest BCUT2D eigenvalue weighted by atomic mass is 16.4. The Morgan fingerprint density at radius 2 is 1.94 bits per heavy atom. The first-order valence-electron chi connectivity index (χ1n) is 5.89. The lowest BCUT2D eigenvalue weighted by Crippen LogP contribution is -2.49. The largest absolute Gasteiger partial charge is 0.481 e. The Kier molecular flexibility index (Phi) is 7.50. The molecule has 7 heteroatoms. The zero-order valence-corrected chi connectivity index (χ0v) is 11.0. The SMILES string of the molecule is CCN(C)C(=O)C(C)NC(=O)NCCCC(=O)O. The van der Waals surface area contributed by atoms with Crippen LogP contribution >= 0.6 is 0 Å². The summed E-state index contributed by atoms with van der Waals surface area (Å²) in [7, 11) is 1.66. The fraction of sp³-hybridized carbons (Fsp3) is 0.727. The van der Waals surface area contributed by atoms with Crippen LogP contribution in [0.5, 0.6) is 0 Å². The predicted molar refractivity (Wildman–Crippen MR) is 66.2 cm³/mol. The number of carboxylic acids is 1. The molecule has 18 heavy (non-hydrogen) atoms. The molecule has 3 N–H and O–H groups in total. The maximum absolute atomic E-state index is 11.6. The van der Waals surface area contributed by atoms with E-state index in [1.54, 1.807) is 14.0 Å². The standard InChI is InChI=1S/C11H21N3O4/c1-4-14(3)10(17)8(2)13-11(18)12-7-5-6-9(15)16/h8H,4-7H2,1-3H3,(H,15,16)(H2,12,13,18). The van der Waals surface area contributed by atoms with Crippen LogP contribution in [0, 0.1) is 0 Å². The van der Waals surface area contributed by atoms with Crippen molar-refractivity contribution in [3.8, 4) is 0 Å². The van der Waals surface area contributed by atoms with Gasteiger partial charge >= 0.3 is 12.0 Å². The highest BCUT2D eigenvalue weighted by molar-refractivity contribution is 5.86. The van der Waals surface area contributed by atoms with Gasteiger partial charge in [0.2, 0.25) is 5.91 Å². The molecule has 0 spiro atoms. The number of nitrogens with zero attached hydrogens (tertiary/aromatic N) is 1. The Labute approximate surface area is 107 Å². The minimum Gasteiger partial charge on any atom is -0.481 e. The summed E-state index contributed by atoms with van der Waals surface area (Å²) in [5.74, 6) is -1.07.